The Bertz CT molecular complexity index is 1000. The molecule has 0 radical (unpaired) electrons. The zero-order valence-electron chi connectivity index (χ0n) is 14.1. The summed E-state index contributed by atoms with van der Waals surface area (Å²) in [4.78, 5) is 10.9. The fraction of sp³-hybridized carbons (Fsp3) is 0.0500. The standard InChI is InChI=1S/C20H17NO5S/c22-18-4-2-1-3-16(18)14-7-5-13(6-8-14)12-27(26)21-15-9-10-17(20(24)25)19(23)11-15/h1-11,21-23H,12H2,(H,24,25). The van der Waals surface area contributed by atoms with Crippen LogP contribution in [-0.4, -0.2) is 25.5 Å². The number of hydrogen-bond donors (Lipinski definition) is 4. The van der Waals surface area contributed by atoms with E-state index in [9.17, 15) is 19.2 Å². The van der Waals surface area contributed by atoms with Gasteiger partial charge in [-0.15, -0.1) is 0 Å². The highest BCUT2D eigenvalue weighted by Gasteiger charge is 2.11. The molecular weight excluding hydrogens is 366 g/mol. The van der Waals surface area contributed by atoms with Crippen LogP contribution in [0.2, 0.25) is 0 Å². The zero-order valence-corrected chi connectivity index (χ0v) is 14.9. The van der Waals surface area contributed by atoms with Gasteiger partial charge < -0.3 is 20.0 Å². The van der Waals surface area contributed by atoms with Crippen molar-refractivity contribution in [3.63, 3.8) is 0 Å². The minimum atomic E-state index is -1.46. The van der Waals surface area contributed by atoms with Gasteiger partial charge in [0, 0.05) is 17.3 Å². The van der Waals surface area contributed by atoms with E-state index >= 15 is 0 Å². The number of rotatable bonds is 6. The fourth-order valence-corrected chi connectivity index (χ4v) is 3.55. The molecule has 0 aliphatic rings. The Kier molecular flexibility index (Phi) is 5.42. The molecule has 7 heteroatoms. The molecule has 3 rings (SSSR count). The Balaban J connectivity index is 1.67. The maximum Gasteiger partial charge on any atom is 0.339 e. The van der Waals surface area contributed by atoms with Crippen molar-refractivity contribution in [3.05, 3.63) is 77.9 Å². The summed E-state index contributed by atoms with van der Waals surface area (Å²) < 4.78 is 15.0. The van der Waals surface area contributed by atoms with Crippen molar-refractivity contribution in [2.24, 2.45) is 0 Å². The number of aromatic carboxylic acids is 1. The van der Waals surface area contributed by atoms with Crippen LogP contribution in [0.1, 0.15) is 15.9 Å². The second-order valence-corrected chi connectivity index (χ2v) is 7.03. The van der Waals surface area contributed by atoms with E-state index in [4.69, 9.17) is 5.11 Å². The molecule has 1 unspecified atom stereocenters. The molecule has 3 aromatic carbocycles. The second-order valence-electron chi connectivity index (χ2n) is 5.84. The molecule has 0 spiro atoms. The lowest BCUT2D eigenvalue weighted by molar-refractivity contribution is 0.0694. The van der Waals surface area contributed by atoms with E-state index in [2.05, 4.69) is 4.72 Å². The average molecular weight is 383 g/mol. The van der Waals surface area contributed by atoms with E-state index in [0.717, 1.165) is 16.7 Å². The second kappa shape index (κ2) is 7.92. The molecule has 0 amide bonds. The summed E-state index contributed by atoms with van der Waals surface area (Å²) in [6.45, 7) is 0. The first kappa shape index (κ1) is 18.5. The molecule has 27 heavy (non-hydrogen) atoms. The van der Waals surface area contributed by atoms with Crippen LogP contribution in [0.15, 0.2) is 66.7 Å². The summed E-state index contributed by atoms with van der Waals surface area (Å²) in [7, 11) is -1.46. The molecule has 0 fully saturated rings. The van der Waals surface area contributed by atoms with Crippen LogP contribution in [-0.2, 0) is 16.7 Å². The van der Waals surface area contributed by atoms with Crippen LogP contribution < -0.4 is 4.72 Å². The van der Waals surface area contributed by atoms with Gasteiger partial charge in [0.25, 0.3) is 0 Å². The largest absolute Gasteiger partial charge is 0.507 e. The summed E-state index contributed by atoms with van der Waals surface area (Å²) in [5.41, 5.74) is 2.54. The summed E-state index contributed by atoms with van der Waals surface area (Å²) in [6, 6.07) is 18.3. The fourth-order valence-electron chi connectivity index (χ4n) is 2.59. The van der Waals surface area contributed by atoms with E-state index in [1.54, 1.807) is 12.1 Å². The first-order chi connectivity index (χ1) is 12.9. The Morgan fingerprint density at radius 3 is 2.26 bits per heavy atom. The Labute approximate surface area is 158 Å². The molecule has 4 N–H and O–H groups in total. The van der Waals surface area contributed by atoms with Crippen LogP contribution >= 0.6 is 0 Å². The molecule has 0 aliphatic heterocycles. The molecule has 0 bridgehead atoms. The highest BCUT2D eigenvalue weighted by molar-refractivity contribution is 7.85. The number of nitrogens with one attached hydrogen (secondary N) is 1. The molecule has 0 saturated heterocycles. The number of aromatic hydroxyl groups is 2. The van der Waals surface area contributed by atoms with Gasteiger partial charge in [-0.2, -0.15) is 0 Å². The van der Waals surface area contributed by atoms with Crippen LogP contribution in [0.3, 0.4) is 0 Å². The van der Waals surface area contributed by atoms with Gasteiger partial charge in [-0.3, -0.25) is 0 Å². The predicted octanol–water partition coefficient (Wildman–Crippen LogP) is 3.74. The predicted molar refractivity (Wildman–Crippen MR) is 104 cm³/mol. The number of phenolic OH excluding ortho intramolecular Hbond substituents is 1. The molecule has 1 atom stereocenters. The molecule has 0 aliphatic carbocycles. The van der Waals surface area contributed by atoms with Gasteiger partial charge in [-0.05, 0) is 29.3 Å². The summed E-state index contributed by atoms with van der Waals surface area (Å²) in [6.07, 6.45) is 0. The third-order valence-corrected chi connectivity index (χ3v) is 4.99. The molecule has 6 nitrogen and oxygen atoms in total. The highest BCUT2D eigenvalue weighted by atomic mass is 32.2. The number of carboxylic acid groups (broad SMARTS) is 1. The van der Waals surface area contributed by atoms with Crippen molar-refractivity contribution >= 4 is 22.6 Å². The monoisotopic (exact) mass is 383 g/mol. The SMILES string of the molecule is O=C(O)c1ccc(NS(=O)Cc2ccc(-c3ccccc3O)cc2)cc1O. The molecule has 0 aromatic heterocycles. The lowest BCUT2D eigenvalue weighted by Crippen LogP contribution is -2.07. The van der Waals surface area contributed by atoms with Crippen LogP contribution in [0.5, 0.6) is 11.5 Å². The Morgan fingerprint density at radius 1 is 0.926 bits per heavy atom. The van der Waals surface area contributed by atoms with E-state index in [-0.39, 0.29) is 17.1 Å². The van der Waals surface area contributed by atoms with Crippen molar-refractivity contribution in [1.82, 2.24) is 0 Å². The van der Waals surface area contributed by atoms with Gasteiger partial charge in [0.1, 0.15) is 28.0 Å². The molecular formula is C20H17NO5S. The number of benzene rings is 3. The minimum Gasteiger partial charge on any atom is -0.507 e. The first-order valence-corrected chi connectivity index (χ1v) is 9.34. The number of phenols is 2. The zero-order chi connectivity index (χ0) is 19.4. The molecule has 138 valence electrons. The third kappa shape index (κ3) is 4.45. The first-order valence-electron chi connectivity index (χ1n) is 8.02. The van der Waals surface area contributed by atoms with E-state index < -0.39 is 22.7 Å². The van der Waals surface area contributed by atoms with Gasteiger partial charge in [0.15, 0.2) is 0 Å². The van der Waals surface area contributed by atoms with Crippen molar-refractivity contribution < 1.29 is 24.3 Å². The van der Waals surface area contributed by atoms with E-state index in [0.29, 0.717) is 5.69 Å². The number of para-hydroxylation sites is 1. The highest BCUT2D eigenvalue weighted by Crippen LogP contribution is 2.29. The quantitative estimate of drug-likeness (QED) is 0.519. The lowest BCUT2D eigenvalue weighted by Gasteiger charge is -2.09. The van der Waals surface area contributed by atoms with Crippen LogP contribution in [0.25, 0.3) is 11.1 Å². The van der Waals surface area contributed by atoms with Crippen LogP contribution in [0, 0.1) is 0 Å². The van der Waals surface area contributed by atoms with E-state index in [1.807, 2.05) is 36.4 Å². The van der Waals surface area contributed by atoms with Crippen molar-refractivity contribution in [2.45, 2.75) is 5.75 Å². The normalized spacial score (nSPS) is 11.7. The smallest absolute Gasteiger partial charge is 0.339 e. The maximum absolute atomic E-state index is 12.3. The third-order valence-electron chi connectivity index (χ3n) is 3.93. The Hall–Kier alpha value is -3.32. The lowest BCUT2D eigenvalue weighted by atomic mass is 10.0. The number of carbonyl (C=O) groups is 1. The van der Waals surface area contributed by atoms with Crippen molar-refractivity contribution in [3.8, 4) is 22.6 Å². The van der Waals surface area contributed by atoms with E-state index in [1.165, 1.54) is 18.2 Å². The maximum atomic E-state index is 12.3. The Morgan fingerprint density at radius 2 is 1.63 bits per heavy atom. The molecule has 0 heterocycles. The van der Waals surface area contributed by atoms with Gasteiger partial charge >= 0.3 is 5.97 Å². The van der Waals surface area contributed by atoms with Gasteiger partial charge in [0.05, 0.1) is 5.75 Å². The van der Waals surface area contributed by atoms with Crippen molar-refractivity contribution in [1.29, 1.82) is 0 Å². The number of anilines is 1. The van der Waals surface area contributed by atoms with Gasteiger partial charge in [0.2, 0.25) is 0 Å². The van der Waals surface area contributed by atoms with Gasteiger partial charge in [-0.25, -0.2) is 9.00 Å². The summed E-state index contributed by atoms with van der Waals surface area (Å²) in [5.74, 6) is -1.20. The van der Waals surface area contributed by atoms with Crippen LogP contribution in [0.4, 0.5) is 5.69 Å². The van der Waals surface area contributed by atoms with Crippen molar-refractivity contribution in [2.75, 3.05) is 4.72 Å². The summed E-state index contributed by atoms with van der Waals surface area (Å²) >= 11 is 0. The topological polar surface area (TPSA) is 107 Å². The number of hydrogen-bond acceptors (Lipinski definition) is 4. The molecule has 3 aromatic rings. The average Bonchev–Trinajstić information content (AvgIpc) is 2.62. The minimum absolute atomic E-state index is 0.195. The summed E-state index contributed by atoms with van der Waals surface area (Å²) in [5, 5.41) is 28.5. The van der Waals surface area contributed by atoms with Gasteiger partial charge in [-0.1, -0.05) is 42.5 Å². The number of carboxylic acids is 1. The molecule has 0 saturated carbocycles.